The number of alkyl halides is 6. The standard InChI is InChI=1S/C16H9BrF6N4/c1-7-4-8(2-3-9(7)15(18,19)20)10-5-11(16(21,22)23)26-14(25-10)13-24-6-12(17)27-13/h2-6H,1H3,(H,24,27). The summed E-state index contributed by atoms with van der Waals surface area (Å²) in [6.45, 7) is 1.22. The molecule has 4 nitrogen and oxygen atoms in total. The molecule has 3 aromatic rings. The third-order valence-corrected chi connectivity index (χ3v) is 4.00. The zero-order chi connectivity index (χ0) is 20.0. The third kappa shape index (κ3) is 4.12. The number of aromatic nitrogens is 4. The lowest BCUT2D eigenvalue weighted by molar-refractivity contribution is -0.141. The number of imidazole rings is 1. The summed E-state index contributed by atoms with van der Waals surface area (Å²) in [6.07, 6.45) is -8.00. The van der Waals surface area contributed by atoms with E-state index in [1.807, 2.05) is 0 Å². The number of nitrogens with zero attached hydrogens (tertiary/aromatic N) is 3. The van der Waals surface area contributed by atoms with E-state index in [0.717, 1.165) is 18.2 Å². The Balaban J connectivity index is 2.16. The maximum atomic E-state index is 13.2. The summed E-state index contributed by atoms with van der Waals surface area (Å²) in [5.41, 5.74) is -2.30. The SMILES string of the molecule is Cc1cc(-c2cc(C(F)(F)F)nc(-c3ncc(Br)[nH]3)n2)ccc1C(F)(F)F. The molecule has 0 aliphatic carbocycles. The van der Waals surface area contributed by atoms with Gasteiger partial charge >= 0.3 is 12.4 Å². The number of hydrogen-bond donors (Lipinski definition) is 1. The number of benzene rings is 1. The van der Waals surface area contributed by atoms with Gasteiger partial charge in [-0.3, -0.25) is 0 Å². The van der Waals surface area contributed by atoms with E-state index < -0.39 is 23.6 Å². The van der Waals surface area contributed by atoms with E-state index in [4.69, 9.17) is 0 Å². The fraction of sp³-hybridized carbons (Fsp3) is 0.188. The van der Waals surface area contributed by atoms with Gasteiger partial charge in [0, 0.05) is 5.56 Å². The Morgan fingerprint density at radius 3 is 2.19 bits per heavy atom. The van der Waals surface area contributed by atoms with Crippen LogP contribution in [-0.2, 0) is 12.4 Å². The van der Waals surface area contributed by atoms with Crippen molar-refractivity contribution in [2.45, 2.75) is 19.3 Å². The fourth-order valence-electron chi connectivity index (χ4n) is 2.40. The number of halogens is 7. The second-order valence-corrected chi connectivity index (χ2v) is 6.42. The van der Waals surface area contributed by atoms with Crippen molar-refractivity contribution in [2.75, 3.05) is 0 Å². The van der Waals surface area contributed by atoms with Crippen LogP contribution in [0.1, 0.15) is 16.8 Å². The van der Waals surface area contributed by atoms with E-state index in [-0.39, 0.29) is 28.5 Å². The lowest BCUT2D eigenvalue weighted by atomic mass is 10.0. The van der Waals surface area contributed by atoms with Gasteiger partial charge in [0.1, 0.15) is 10.3 Å². The number of aryl methyl sites for hydroxylation is 1. The Morgan fingerprint density at radius 2 is 1.67 bits per heavy atom. The summed E-state index contributed by atoms with van der Waals surface area (Å²) in [5, 5.41) is 0. The molecular formula is C16H9BrF6N4. The summed E-state index contributed by atoms with van der Waals surface area (Å²) in [7, 11) is 0. The van der Waals surface area contributed by atoms with E-state index in [1.54, 1.807) is 0 Å². The van der Waals surface area contributed by atoms with Crippen LogP contribution in [0.4, 0.5) is 26.3 Å². The molecule has 0 fully saturated rings. The third-order valence-electron chi connectivity index (χ3n) is 3.60. The Hall–Kier alpha value is -2.43. The van der Waals surface area contributed by atoms with E-state index in [0.29, 0.717) is 10.7 Å². The van der Waals surface area contributed by atoms with Gasteiger partial charge in [0.25, 0.3) is 0 Å². The topological polar surface area (TPSA) is 54.5 Å². The predicted molar refractivity (Wildman–Crippen MR) is 87.5 cm³/mol. The molecule has 0 saturated heterocycles. The molecule has 1 aromatic carbocycles. The number of aromatic amines is 1. The summed E-state index contributed by atoms with van der Waals surface area (Å²) in [4.78, 5) is 14.0. The lowest BCUT2D eigenvalue weighted by Crippen LogP contribution is -2.11. The number of nitrogens with one attached hydrogen (secondary N) is 1. The minimum absolute atomic E-state index is 0.0159. The average molecular weight is 451 g/mol. The molecule has 0 radical (unpaired) electrons. The zero-order valence-electron chi connectivity index (χ0n) is 13.4. The van der Waals surface area contributed by atoms with Gasteiger partial charge in [-0.15, -0.1) is 0 Å². The molecular weight excluding hydrogens is 442 g/mol. The minimum atomic E-state index is -4.77. The molecule has 142 valence electrons. The van der Waals surface area contributed by atoms with E-state index in [9.17, 15) is 26.3 Å². The molecule has 11 heteroatoms. The smallest absolute Gasteiger partial charge is 0.330 e. The van der Waals surface area contributed by atoms with Crippen LogP contribution in [0.25, 0.3) is 22.9 Å². The summed E-state index contributed by atoms with van der Waals surface area (Å²) < 4.78 is 78.7. The first-order valence-electron chi connectivity index (χ1n) is 7.30. The number of rotatable bonds is 2. The second kappa shape index (κ2) is 6.63. The second-order valence-electron chi connectivity index (χ2n) is 5.57. The normalized spacial score (nSPS) is 12.4. The van der Waals surface area contributed by atoms with Crippen LogP contribution < -0.4 is 0 Å². The van der Waals surface area contributed by atoms with Crippen LogP contribution >= 0.6 is 15.9 Å². The van der Waals surface area contributed by atoms with E-state index >= 15 is 0 Å². The van der Waals surface area contributed by atoms with Gasteiger partial charge < -0.3 is 4.98 Å². The number of H-pyrrole nitrogens is 1. The molecule has 2 aromatic heterocycles. The summed E-state index contributed by atoms with van der Waals surface area (Å²) >= 11 is 3.08. The van der Waals surface area contributed by atoms with Gasteiger partial charge in [0.05, 0.1) is 17.5 Å². The van der Waals surface area contributed by atoms with Crippen molar-refractivity contribution < 1.29 is 26.3 Å². The average Bonchev–Trinajstić information content (AvgIpc) is 2.99. The Labute approximate surface area is 156 Å². The summed E-state index contributed by atoms with van der Waals surface area (Å²) in [5.74, 6) is -0.346. The first kappa shape index (κ1) is 19.3. The first-order valence-corrected chi connectivity index (χ1v) is 8.10. The van der Waals surface area contributed by atoms with Gasteiger partial charge in [-0.2, -0.15) is 26.3 Å². The van der Waals surface area contributed by atoms with E-state index in [1.165, 1.54) is 13.1 Å². The van der Waals surface area contributed by atoms with Crippen molar-refractivity contribution in [3.8, 4) is 22.9 Å². The van der Waals surface area contributed by atoms with Crippen molar-refractivity contribution >= 4 is 15.9 Å². The molecule has 0 aliphatic rings. The molecule has 0 bridgehead atoms. The van der Waals surface area contributed by atoms with Gasteiger partial charge in [-0.25, -0.2) is 15.0 Å². The van der Waals surface area contributed by atoms with Gasteiger partial charge in [0.2, 0.25) is 0 Å². The Morgan fingerprint density at radius 1 is 0.963 bits per heavy atom. The molecule has 0 unspecified atom stereocenters. The van der Waals surface area contributed by atoms with Crippen LogP contribution in [0.3, 0.4) is 0 Å². The highest BCUT2D eigenvalue weighted by Gasteiger charge is 2.35. The Kier molecular flexibility index (Phi) is 4.74. The van der Waals surface area contributed by atoms with E-state index in [2.05, 4.69) is 35.9 Å². The molecule has 3 rings (SSSR count). The van der Waals surface area contributed by atoms with Crippen molar-refractivity contribution in [1.82, 2.24) is 19.9 Å². The predicted octanol–water partition coefficient (Wildman–Crippen LogP) is 5.64. The van der Waals surface area contributed by atoms with Crippen LogP contribution in [-0.4, -0.2) is 19.9 Å². The van der Waals surface area contributed by atoms with Gasteiger partial charge in [0.15, 0.2) is 11.6 Å². The summed E-state index contributed by atoms with van der Waals surface area (Å²) in [6, 6.07) is 3.69. The molecule has 0 saturated carbocycles. The van der Waals surface area contributed by atoms with Crippen LogP contribution in [0.5, 0.6) is 0 Å². The molecule has 0 spiro atoms. The monoisotopic (exact) mass is 450 g/mol. The maximum absolute atomic E-state index is 13.2. The van der Waals surface area contributed by atoms with Crippen LogP contribution in [0.2, 0.25) is 0 Å². The molecule has 27 heavy (non-hydrogen) atoms. The molecule has 2 heterocycles. The quantitative estimate of drug-likeness (QED) is 0.513. The number of hydrogen-bond acceptors (Lipinski definition) is 3. The first-order chi connectivity index (χ1) is 12.4. The van der Waals surface area contributed by atoms with Crippen molar-refractivity contribution in [2.24, 2.45) is 0 Å². The van der Waals surface area contributed by atoms with Crippen LogP contribution in [0, 0.1) is 6.92 Å². The fourth-order valence-corrected chi connectivity index (χ4v) is 2.69. The van der Waals surface area contributed by atoms with Gasteiger partial charge in [-0.05, 0) is 46.6 Å². The largest absolute Gasteiger partial charge is 0.433 e. The van der Waals surface area contributed by atoms with Crippen molar-refractivity contribution in [3.63, 3.8) is 0 Å². The van der Waals surface area contributed by atoms with Crippen molar-refractivity contribution in [3.05, 3.63) is 51.9 Å². The Bertz CT molecular complexity index is 993. The molecule has 0 atom stereocenters. The minimum Gasteiger partial charge on any atom is -0.330 e. The molecule has 0 aliphatic heterocycles. The molecule has 0 amide bonds. The highest BCUT2D eigenvalue weighted by atomic mass is 79.9. The van der Waals surface area contributed by atoms with Crippen molar-refractivity contribution in [1.29, 1.82) is 0 Å². The molecule has 1 N–H and O–H groups in total. The zero-order valence-corrected chi connectivity index (χ0v) is 15.0. The maximum Gasteiger partial charge on any atom is 0.433 e. The highest BCUT2D eigenvalue weighted by molar-refractivity contribution is 9.10. The highest BCUT2D eigenvalue weighted by Crippen LogP contribution is 2.35. The van der Waals surface area contributed by atoms with Gasteiger partial charge in [-0.1, -0.05) is 6.07 Å². The van der Waals surface area contributed by atoms with Crippen LogP contribution in [0.15, 0.2) is 35.1 Å². The lowest BCUT2D eigenvalue weighted by Gasteiger charge is -2.13.